The van der Waals surface area contributed by atoms with Gasteiger partial charge in [-0.1, -0.05) is 18.2 Å². The van der Waals surface area contributed by atoms with E-state index in [4.69, 9.17) is 4.74 Å². The molecule has 1 aromatic heterocycles. The summed E-state index contributed by atoms with van der Waals surface area (Å²) in [6.45, 7) is 4.92. The molecule has 1 aromatic carbocycles. The Morgan fingerprint density at radius 3 is 2.44 bits per heavy atom. The van der Waals surface area contributed by atoms with Crippen molar-refractivity contribution in [2.75, 3.05) is 31.7 Å². The number of nitrogens with zero attached hydrogens (tertiary/aromatic N) is 3. The van der Waals surface area contributed by atoms with Crippen molar-refractivity contribution in [3.05, 3.63) is 46.2 Å². The van der Waals surface area contributed by atoms with Crippen molar-refractivity contribution in [3.63, 3.8) is 0 Å². The second-order valence-corrected chi connectivity index (χ2v) is 13.6. The van der Waals surface area contributed by atoms with Crippen LogP contribution in [-0.2, 0) is 14.6 Å². The van der Waals surface area contributed by atoms with Gasteiger partial charge in [-0.25, -0.2) is 13.2 Å². The van der Waals surface area contributed by atoms with Crippen molar-refractivity contribution in [2.45, 2.75) is 76.2 Å². The van der Waals surface area contributed by atoms with Crippen LogP contribution in [0.1, 0.15) is 62.4 Å². The number of amides is 2. The van der Waals surface area contributed by atoms with Gasteiger partial charge in [0.1, 0.15) is 5.56 Å². The molecular formula is C28H38N4O6S. The number of carbonyl (C=O) groups excluding carboxylic acids is 2. The molecule has 3 aliphatic rings. The first kappa shape index (κ1) is 27.6. The quantitative estimate of drug-likeness (QED) is 0.555. The lowest BCUT2D eigenvalue weighted by atomic mass is 9.96. The number of hydrogen-bond acceptors (Lipinski definition) is 7. The van der Waals surface area contributed by atoms with Crippen LogP contribution in [0.5, 0.6) is 0 Å². The van der Waals surface area contributed by atoms with Gasteiger partial charge in [0, 0.05) is 37.3 Å². The molecule has 4 atom stereocenters. The number of hydrogen-bond donors (Lipinski definition) is 1. The van der Waals surface area contributed by atoms with E-state index in [1.807, 2.05) is 38.1 Å². The average molecular weight is 559 g/mol. The Morgan fingerprint density at radius 2 is 1.82 bits per heavy atom. The molecule has 3 aliphatic heterocycles. The highest BCUT2D eigenvalue weighted by molar-refractivity contribution is 7.91. The van der Waals surface area contributed by atoms with Gasteiger partial charge in [0.05, 0.1) is 30.2 Å². The standard InChI is InChI=1S/C28H38N4O6S/c1-18(2)32-25-7-5-4-6-19(25)14-24(27(32)34)26(33)29-20-15-21-8-9-22(16-20)30(21)11-12-31(28(35)38-3)23-10-13-39(36,37)17-23/h4-7,14,18,20-23H,8-13,15-17H2,1-3H3,(H,29,33)/t20?,21-,22+,23-/m0/s1. The average Bonchev–Trinajstić information content (AvgIpc) is 3.37. The lowest BCUT2D eigenvalue weighted by Gasteiger charge is -2.40. The van der Waals surface area contributed by atoms with E-state index in [9.17, 15) is 22.8 Å². The number of aromatic nitrogens is 1. The molecule has 212 valence electrons. The van der Waals surface area contributed by atoms with E-state index < -0.39 is 15.9 Å². The fourth-order valence-corrected chi connectivity index (χ4v) is 8.50. The number of ether oxygens (including phenoxy) is 1. The van der Waals surface area contributed by atoms with Gasteiger partial charge in [0.15, 0.2) is 9.84 Å². The normalized spacial score (nSPS) is 26.2. The zero-order valence-electron chi connectivity index (χ0n) is 22.8. The predicted octanol–water partition coefficient (Wildman–Crippen LogP) is 2.56. The smallest absolute Gasteiger partial charge is 0.409 e. The number of carbonyl (C=O) groups is 2. The molecule has 4 heterocycles. The van der Waals surface area contributed by atoms with Crippen LogP contribution in [0.25, 0.3) is 10.9 Å². The van der Waals surface area contributed by atoms with Crippen LogP contribution in [0.15, 0.2) is 35.1 Å². The van der Waals surface area contributed by atoms with E-state index in [1.54, 1.807) is 15.5 Å². The Bertz CT molecular complexity index is 1410. The summed E-state index contributed by atoms with van der Waals surface area (Å²) in [6, 6.07) is 9.34. The number of nitrogens with one attached hydrogen (secondary N) is 1. The lowest BCUT2D eigenvalue weighted by molar-refractivity contribution is 0.0718. The number of benzene rings is 1. The minimum Gasteiger partial charge on any atom is -0.453 e. The number of piperidine rings is 1. The first-order chi connectivity index (χ1) is 18.6. The highest BCUT2D eigenvalue weighted by Gasteiger charge is 2.42. The zero-order valence-corrected chi connectivity index (χ0v) is 23.7. The molecule has 3 fully saturated rings. The van der Waals surface area contributed by atoms with Crippen molar-refractivity contribution in [3.8, 4) is 0 Å². The van der Waals surface area contributed by atoms with Crippen LogP contribution in [0.4, 0.5) is 4.79 Å². The molecule has 1 unspecified atom stereocenters. The topological polar surface area (TPSA) is 118 Å². The van der Waals surface area contributed by atoms with Gasteiger partial charge in [-0.05, 0) is 63.5 Å². The predicted molar refractivity (Wildman–Crippen MR) is 149 cm³/mol. The number of fused-ring (bicyclic) bond motifs is 3. The summed E-state index contributed by atoms with van der Waals surface area (Å²) < 4.78 is 30.6. The third-order valence-electron chi connectivity index (χ3n) is 8.58. The van der Waals surface area contributed by atoms with Crippen molar-refractivity contribution in [1.29, 1.82) is 0 Å². The SMILES string of the molecule is COC(=O)N(CCN1[C@@H]2CC[C@H]1CC(NC(=O)c1cc3ccccc3n(C(C)C)c1=O)C2)[C@H]1CCS(=O)(=O)C1. The number of rotatable bonds is 7. The van der Waals surface area contributed by atoms with E-state index in [1.165, 1.54) is 7.11 Å². The molecule has 1 N–H and O–H groups in total. The van der Waals surface area contributed by atoms with Crippen molar-refractivity contribution in [2.24, 2.45) is 0 Å². The van der Waals surface area contributed by atoms with Crippen LogP contribution < -0.4 is 10.9 Å². The van der Waals surface area contributed by atoms with Crippen LogP contribution >= 0.6 is 0 Å². The van der Waals surface area contributed by atoms with E-state index in [2.05, 4.69) is 10.2 Å². The maximum absolute atomic E-state index is 13.3. The Hall–Kier alpha value is -2.92. The molecule has 2 bridgehead atoms. The first-order valence-corrected chi connectivity index (χ1v) is 15.7. The summed E-state index contributed by atoms with van der Waals surface area (Å²) in [4.78, 5) is 43.1. The van der Waals surface area contributed by atoms with Gasteiger partial charge in [-0.2, -0.15) is 0 Å². The van der Waals surface area contributed by atoms with Gasteiger partial charge in [-0.3, -0.25) is 14.5 Å². The van der Waals surface area contributed by atoms with Gasteiger partial charge >= 0.3 is 6.09 Å². The number of para-hydroxylation sites is 1. The molecule has 0 spiro atoms. The molecule has 0 radical (unpaired) electrons. The summed E-state index contributed by atoms with van der Waals surface area (Å²) in [5.74, 6) is -0.255. The van der Waals surface area contributed by atoms with E-state index >= 15 is 0 Å². The summed E-state index contributed by atoms with van der Waals surface area (Å²) >= 11 is 0. The second kappa shape index (κ2) is 10.9. The third-order valence-corrected chi connectivity index (χ3v) is 10.3. The minimum absolute atomic E-state index is 0.0175. The molecule has 3 saturated heterocycles. The molecule has 39 heavy (non-hydrogen) atoms. The van der Waals surface area contributed by atoms with Crippen LogP contribution in [0.2, 0.25) is 0 Å². The molecule has 0 aliphatic carbocycles. The molecule has 11 heteroatoms. The second-order valence-electron chi connectivity index (χ2n) is 11.4. The van der Waals surface area contributed by atoms with Crippen LogP contribution in [0.3, 0.4) is 0 Å². The maximum Gasteiger partial charge on any atom is 0.409 e. The molecule has 2 amide bonds. The van der Waals surface area contributed by atoms with E-state index in [0.717, 1.165) is 36.6 Å². The van der Waals surface area contributed by atoms with Crippen LogP contribution in [0, 0.1) is 0 Å². The lowest BCUT2D eigenvalue weighted by Crippen LogP contribution is -2.53. The maximum atomic E-state index is 13.3. The van der Waals surface area contributed by atoms with Crippen molar-refractivity contribution < 1.29 is 22.7 Å². The molecule has 0 saturated carbocycles. The summed E-state index contributed by atoms with van der Waals surface area (Å²) in [7, 11) is -1.80. The Labute approximate surface area is 229 Å². The van der Waals surface area contributed by atoms with Crippen LogP contribution in [-0.4, -0.2) is 90.7 Å². The largest absolute Gasteiger partial charge is 0.453 e. The molecule has 2 aromatic rings. The molecular weight excluding hydrogens is 520 g/mol. The Morgan fingerprint density at radius 1 is 1.13 bits per heavy atom. The van der Waals surface area contributed by atoms with E-state index in [-0.39, 0.29) is 58.7 Å². The monoisotopic (exact) mass is 558 g/mol. The highest BCUT2D eigenvalue weighted by Crippen LogP contribution is 2.36. The fraction of sp³-hybridized carbons (Fsp3) is 0.607. The highest BCUT2D eigenvalue weighted by atomic mass is 32.2. The fourth-order valence-electron chi connectivity index (χ4n) is 6.77. The third kappa shape index (κ3) is 5.56. The Kier molecular flexibility index (Phi) is 7.74. The van der Waals surface area contributed by atoms with E-state index in [0.29, 0.717) is 19.5 Å². The molecule has 10 nitrogen and oxygen atoms in total. The summed E-state index contributed by atoms with van der Waals surface area (Å²) in [6.07, 6.45) is 3.49. The minimum atomic E-state index is -3.13. The van der Waals surface area contributed by atoms with Gasteiger partial charge in [0.2, 0.25) is 0 Å². The zero-order chi connectivity index (χ0) is 27.9. The summed E-state index contributed by atoms with van der Waals surface area (Å²) in [5.41, 5.74) is 0.701. The number of sulfone groups is 1. The van der Waals surface area contributed by atoms with Gasteiger partial charge < -0.3 is 19.5 Å². The van der Waals surface area contributed by atoms with Gasteiger partial charge in [0.25, 0.3) is 11.5 Å². The summed E-state index contributed by atoms with van der Waals surface area (Å²) in [5, 5.41) is 4.00. The Balaban J connectivity index is 1.25. The number of pyridine rings is 1. The van der Waals surface area contributed by atoms with Crippen molar-refractivity contribution >= 4 is 32.7 Å². The first-order valence-electron chi connectivity index (χ1n) is 13.8. The van der Waals surface area contributed by atoms with Crippen molar-refractivity contribution in [1.82, 2.24) is 19.7 Å². The number of methoxy groups -OCH3 is 1. The molecule has 5 rings (SSSR count). The van der Waals surface area contributed by atoms with Gasteiger partial charge in [-0.15, -0.1) is 0 Å².